The zero-order chi connectivity index (χ0) is 14.9. The minimum atomic E-state index is -0.248. The molecule has 19 heavy (non-hydrogen) atoms. The molecule has 0 saturated carbocycles. The summed E-state index contributed by atoms with van der Waals surface area (Å²) in [5.74, 6) is -0.248. The molecule has 0 aliphatic rings. The molecule has 0 N–H and O–H groups in total. The van der Waals surface area contributed by atoms with Gasteiger partial charge in [-0.3, -0.25) is 4.89 Å². The maximum atomic E-state index is 11.3. The molecule has 0 amide bonds. The van der Waals surface area contributed by atoms with E-state index in [2.05, 4.69) is 41.5 Å². The van der Waals surface area contributed by atoms with Crippen molar-refractivity contribution in [3.05, 3.63) is 0 Å². The van der Waals surface area contributed by atoms with Crippen molar-refractivity contribution < 1.29 is 14.6 Å². The highest BCUT2D eigenvalue weighted by Gasteiger charge is 2.25. The zero-order valence-electron chi connectivity index (χ0n) is 13.7. The highest BCUT2D eigenvalue weighted by Crippen LogP contribution is 2.35. The van der Waals surface area contributed by atoms with E-state index in [-0.39, 0.29) is 11.4 Å². The number of unbranched alkanes of at least 4 members (excludes halogenated alkanes) is 2. The molecule has 0 aromatic carbocycles. The first-order chi connectivity index (χ1) is 8.66. The fraction of sp³-hybridized carbons (Fsp3) is 0.938. The van der Waals surface area contributed by atoms with E-state index in [4.69, 9.17) is 9.78 Å². The molecule has 3 heteroatoms. The standard InChI is InChI=1S/C16H32O3/c1-7-8-9-10-14(17)19-18-12-11-16(5,6)13-15(2,3)4/h7-13H2,1-6H3. The molecular weight excluding hydrogens is 240 g/mol. The molecule has 0 atom stereocenters. The Balaban J connectivity index is 3.70. The number of carbonyl (C=O) groups excluding carboxylic acids is 1. The molecule has 0 fully saturated rings. The quantitative estimate of drug-likeness (QED) is 0.340. The molecule has 0 aromatic heterocycles. The van der Waals surface area contributed by atoms with Crippen molar-refractivity contribution in [3.63, 3.8) is 0 Å². The number of hydrogen-bond acceptors (Lipinski definition) is 3. The van der Waals surface area contributed by atoms with Crippen molar-refractivity contribution in [1.82, 2.24) is 0 Å². The summed E-state index contributed by atoms with van der Waals surface area (Å²) in [5, 5.41) is 0. The molecule has 114 valence electrons. The van der Waals surface area contributed by atoms with E-state index in [1.165, 1.54) is 0 Å². The van der Waals surface area contributed by atoms with Crippen molar-refractivity contribution in [2.45, 2.75) is 80.1 Å². The minimum Gasteiger partial charge on any atom is -0.298 e. The smallest absolute Gasteiger partial charge is 0.298 e. The number of rotatable bonds is 9. The third kappa shape index (κ3) is 12.2. The molecule has 0 rings (SSSR count). The van der Waals surface area contributed by atoms with Crippen molar-refractivity contribution >= 4 is 5.97 Å². The fourth-order valence-corrected chi connectivity index (χ4v) is 2.51. The summed E-state index contributed by atoms with van der Waals surface area (Å²) >= 11 is 0. The Bertz CT molecular complexity index is 251. The van der Waals surface area contributed by atoms with Crippen molar-refractivity contribution in [1.29, 1.82) is 0 Å². The highest BCUT2D eigenvalue weighted by atomic mass is 17.2. The maximum Gasteiger partial charge on any atom is 0.342 e. The van der Waals surface area contributed by atoms with Crippen molar-refractivity contribution in [2.75, 3.05) is 6.61 Å². The summed E-state index contributed by atoms with van der Waals surface area (Å²) in [4.78, 5) is 21.1. The van der Waals surface area contributed by atoms with Gasteiger partial charge in [0.25, 0.3) is 0 Å². The number of carbonyl (C=O) groups is 1. The van der Waals surface area contributed by atoms with Crippen LogP contribution in [0.25, 0.3) is 0 Å². The van der Waals surface area contributed by atoms with E-state index in [9.17, 15) is 4.79 Å². The Morgan fingerprint density at radius 2 is 1.68 bits per heavy atom. The summed E-state index contributed by atoms with van der Waals surface area (Å²) in [7, 11) is 0. The van der Waals surface area contributed by atoms with Crippen LogP contribution in [0, 0.1) is 10.8 Å². The Labute approximate surface area is 119 Å². The molecule has 0 saturated heterocycles. The minimum absolute atomic E-state index is 0.201. The lowest BCUT2D eigenvalue weighted by Crippen LogP contribution is -2.22. The lowest BCUT2D eigenvalue weighted by molar-refractivity contribution is -0.275. The topological polar surface area (TPSA) is 35.5 Å². The average Bonchev–Trinajstić information content (AvgIpc) is 2.21. The van der Waals surface area contributed by atoms with Crippen molar-refractivity contribution in [2.24, 2.45) is 10.8 Å². The van der Waals surface area contributed by atoms with Gasteiger partial charge in [-0.15, -0.1) is 0 Å². The van der Waals surface area contributed by atoms with E-state index in [0.29, 0.717) is 18.4 Å². The van der Waals surface area contributed by atoms with Gasteiger partial charge in [0.2, 0.25) is 0 Å². The SMILES string of the molecule is CCCCCC(=O)OOCCC(C)(C)CC(C)(C)C. The highest BCUT2D eigenvalue weighted by molar-refractivity contribution is 5.68. The molecule has 3 nitrogen and oxygen atoms in total. The third-order valence-electron chi connectivity index (χ3n) is 3.01. The Hall–Kier alpha value is -0.570. The Kier molecular flexibility index (Phi) is 8.31. The van der Waals surface area contributed by atoms with Gasteiger partial charge in [-0.2, -0.15) is 4.89 Å². The van der Waals surface area contributed by atoms with Gasteiger partial charge in [0, 0.05) is 6.42 Å². The monoisotopic (exact) mass is 272 g/mol. The van der Waals surface area contributed by atoms with E-state index in [0.717, 1.165) is 32.1 Å². The summed E-state index contributed by atoms with van der Waals surface area (Å²) < 4.78 is 0. The Morgan fingerprint density at radius 1 is 1.05 bits per heavy atom. The lowest BCUT2D eigenvalue weighted by atomic mass is 9.75. The van der Waals surface area contributed by atoms with Crippen LogP contribution in [0.15, 0.2) is 0 Å². The summed E-state index contributed by atoms with van der Waals surface area (Å²) in [5.41, 5.74) is 0.507. The van der Waals surface area contributed by atoms with E-state index < -0.39 is 0 Å². The van der Waals surface area contributed by atoms with Crippen LogP contribution in [0.2, 0.25) is 0 Å². The van der Waals surface area contributed by atoms with Crippen LogP contribution in [0.5, 0.6) is 0 Å². The molecule has 0 aliphatic carbocycles. The molecule has 0 unspecified atom stereocenters. The van der Waals surface area contributed by atoms with Crippen LogP contribution >= 0.6 is 0 Å². The summed E-state index contributed by atoms with van der Waals surface area (Å²) in [6.45, 7) is 13.8. The predicted molar refractivity (Wildman–Crippen MR) is 78.7 cm³/mol. The second-order valence-corrected chi connectivity index (χ2v) is 7.39. The largest absolute Gasteiger partial charge is 0.342 e. The molecule has 0 spiro atoms. The first-order valence-corrected chi connectivity index (χ1v) is 7.48. The first kappa shape index (κ1) is 18.4. The zero-order valence-corrected chi connectivity index (χ0v) is 13.7. The van der Waals surface area contributed by atoms with E-state index >= 15 is 0 Å². The molecule has 0 aliphatic heterocycles. The molecule has 0 heterocycles. The maximum absolute atomic E-state index is 11.3. The normalized spacial score (nSPS) is 12.5. The third-order valence-corrected chi connectivity index (χ3v) is 3.01. The van der Waals surface area contributed by atoms with Crippen LogP contribution in [0.4, 0.5) is 0 Å². The van der Waals surface area contributed by atoms with Crippen LogP contribution in [-0.4, -0.2) is 12.6 Å². The fourth-order valence-electron chi connectivity index (χ4n) is 2.51. The van der Waals surface area contributed by atoms with Crippen molar-refractivity contribution in [3.8, 4) is 0 Å². The van der Waals surface area contributed by atoms with Gasteiger partial charge >= 0.3 is 5.97 Å². The lowest BCUT2D eigenvalue weighted by Gasteiger charge is -2.32. The van der Waals surface area contributed by atoms with E-state index in [1.54, 1.807) is 0 Å². The second-order valence-electron chi connectivity index (χ2n) is 7.39. The molecule has 0 bridgehead atoms. The van der Waals surface area contributed by atoms with Gasteiger partial charge in [0.05, 0.1) is 6.61 Å². The van der Waals surface area contributed by atoms with Gasteiger partial charge in [-0.05, 0) is 30.1 Å². The molecule has 0 radical (unpaired) electrons. The average molecular weight is 272 g/mol. The molecular formula is C16H32O3. The van der Waals surface area contributed by atoms with Crippen LogP contribution in [0.1, 0.15) is 80.1 Å². The first-order valence-electron chi connectivity index (χ1n) is 7.48. The van der Waals surface area contributed by atoms with Crippen LogP contribution in [0.3, 0.4) is 0 Å². The van der Waals surface area contributed by atoms with Crippen LogP contribution < -0.4 is 0 Å². The second kappa shape index (κ2) is 8.57. The van der Waals surface area contributed by atoms with Crippen LogP contribution in [-0.2, 0) is 14.6 Å². The predicted octanol–water partition coefficient (Wildman–Crippen LogP) is 4.89. The van der Waals surface area contributed by atoms with Gasteiger partial charge in [0.15, 0.2) is 0 Å². The van der Waals surface area contributed by atoms with Gasteiger partial charge in [0.1, 0.15) is 0 Å². The summed E-state index contributed by atoms with van der Waals surface area (Å²) in [6, 6.07) is 0. The molecule has 0 aromatic rings. The van der Waals surface area contributed by atoms with Gasteiger partial charge in [-0.1, -0.05) is 54.4 Å². The van der Waals surface area contributed by atoms with Gasteiger partial charge < -0.3 is 0 Å². The van der Waals surface area contributed by atoms with E-state index in [1.807, 2.05) is 0 Å². The number of hydrogen-bond donors (Lipinski definition) is 0. The summed E-state index contributed by atoms with van der Waals surface area (Å²) in [6.07, 6.45) is 5.52. The Morgan fingerprint density at radius 3 is 2.21 bits per heavy atom. The van der Waals surface area contributed by atoms with Gasteiger partial charge in [-0.25, -0.2) is 4.79 Å².